The van der Waals surface area contributed by atoms with Gasteiger partial charge in [-0.15, -0.1) is 0 Å². The largest absolute Gasteiger partial charge is 0.780 e. The summed E-state index contributed by atoms with van der Waals surface area (Å²) < 4.78 is 42.6. The molecule has 1 aromatic heterocycles. The van der Waals surface area contributed by atoms with Crippen LogP contribution in [0.2, 0.25) is 0 Å². The van der Waals surface area contributed by atoms with E-state index in [2.05, 4.69) is 9.51 Å². The average Bonchev–Trinajstić information content (AvgIpc) is 3.29. The number of ether oxygens (including phenoxy) is 5. The molecule has 0 atom stereocenters. The summed E-state index contributed by atoms with van der Waals surface area (Å²) in [7, 11) is 1.77. The predicted molar refractivity (Wildman–Crippen MR) is 135 cm³/mol. The van der Waals surface area contributed by atoms with Crippen LogP contribution in [-0.2, 0) is 4.57 Å². The summed E-state index contributed by atoms with van der Waals surface area (Å²) in [4.78, 5) is 39.9. The zero-order chi connectivity index (χ0) is 27.6. The topological polar surface area (TPSA) is 151 Å². The summed E-state index contributed by atoms with van der Waals surface area (Å²) in [6, 6.07) is 12.5. The van der Waals surface area contributed by atoms with E-state index in [9.17, 15) is 19.1 Å². The quantitative estimate of drug-likeness (QED) is 0.234. The fraction of sp³-hybridized carbons (Fsp3) is 0.192. The standard InChI is InChI=1S/C26H26NO10P/c1-32-16-7-8-17-18(13-16)27-24(14-6-9-19(33-2)20(10-14)37-38(29,30)31)23(17)25(28)15-11-21(34-3)26(36-5)22(12-15)35-4/h6-13,27H,1-5H3,(H2,29,30,31)/p-2. The fourth-order valence-electron chi connectivity index (χ4n) is 4.14. The van der Waals surface area contributed by atoms with E-state index in [4.69, 9.17) is 23.7 Å². The van der Waals surface area contributed by atoms with E-state index in [1.165, 1.54) is 59.8 Å². The Morgan fingerprint density at radius 1 is 0.763 bits per heavy atom. The van der Waals surface area contributed by atoms with Crippen LogP contribution in [0.15, 0.2) is 48.5 Å². The van der Waals surface area contributed by atoms with Gasteiger partial charge in [-0.05, 0) is 42.5 Å². The first-order valence-corrected chi connectivity index (χ1v) is 12.5. The maximum atomic E-state index is 14.0. The third kappa shape index (κ3) is 5.12. The molecule has 0 saturated carbocycles. The van der Waals surface area contributed by atoms with Gasteiger partial charge in [0.15, 0.2) is 28.8 Å². The minimum atomic E-state index is -5.40. The SMILES string of the molecule is COc1ccc2c(C(=O)c3cc(OC)c(OC)c(OC)c3)c(-c3ccc(OC)c(OP(=O)([O-])[O-])c3)[nH]c2c1. The van der Waals surface area contributed by atoms with Gasteiger partial charge < -0.3 is 47.5 Å². The first kappa shape index (κ1) is 26.9. The Kier molecular flexibility index (Phi) is 7.54. The highest BCUT2D eigenvalue weighted by Gasteiger charge is 2.25. The molecule has 0 bridgehead atoms. The second-order valence-electron chi connectivity index (χ2n) is 7.93. The Balaban J connectivity index is 1.97. The lowest BCUT2D eigenvalue weighted by molar-refractivity contribution is -0.333. The number of aromatic nitrogens is 1. The number of fused-ring (bicyclic) bond motifs is 1. The molecule has 0 spiro atoms. The molecule has 0 radical (unpaired) electrons. The van der Waals surface area contributed by atoms with E-state index in [1.807, 2.05) is 0 Å². The first-order chi connectivity index (χ1) is 18.1. The molecule has 1 heterocycles. The number of methoxy groups -OCH3 is 5. The van der Waals surface area contributed by atoms with Crippen LogP contribution < -0.4 is 38.0 Å². The Morgan fingerprint density at radius 3 is 1.97 bits per heavy atom. The number of aromatic amines is 1. The Hall–Kier alpha value is -4.18. The van der Waals surface area contributed by atoms with Crippen molar-refractivity contribution < 1.29 is 47.4 Å². The Morgan fingerprint density at radius 2 is 1.42 bits per heavy atom. The monoisotopic (exact) mass is 541 g/mol. The van der Waals surface area contributed by atoms with Crippen molar-refractivity contribution in [1.82, 2.24) is 4.98 Å². The van der Waals surface area contributed by atoms with Crippen LogP contribution in [-0.4, -0.2) is 46.3 Å². The highest BCUT2D eigenvalue weighted by atomic mass is 31.2. The van der Waals surface area contributed by atoms with Gasteiger partial charge in [-0.3, -0.25) is 4.79 Å². The van der Waals surface area contributed by atoms with Crippen molar-refractivity contribution >= 4 is 24.5 Å². The number of hydrogen-bond donors (Lipinski definition) is 1. The molecule has 38 heavy (non-hydrogen) atoms. The zero-order valence-corrected chi connectivity index (χ0v) is 22.0. The average molecular weight is 541 g/mol. The molecule has 0 unspecified atom stereocenters. The summed E-state index contributed by atoms with van der Waals surface area (Å²) in [6.07, 6.45) is 0. The number of ketones is 1. The first-order valence-electron chi connectivity index (χ1n) is 11.1. The van der Waals surface area contributed by atoms with E-state index < -0.39 is 13.6 Å². The lowest BCUT2D eigenvalue weighted by Gasteiger charge is -2.29. The number of rotatable bonds is 10. The van der Waals surface area contributed by atoms with Crippen molar-refractivity contribution in [3.05, 3.63) is 59.7 Å². The predicted octanol–water partition coefficient (Wildman–Crippen LogP) is 3.32. The number of nitrogens with one attached hydrogen (secondary N) is 1. The van der Waals surface area contributed by atoms with Gasteiger partial charge in [-0.2, -0.15) is 0 Å². The minimum Gasteiger partial charge on any atom is -0.780 e. The third-order valence-corrected chi connectivity index (χ3v) is 6.24. The summed E-state index contributed by atoms with van der Waals surface area (Å²) in [5.74, 6) is 0.769. The van der Waals surface area contributed by atoms with Gasteiger partial charge in [0.05, 0.1) is 52.3 Å². The normalized spacial score (nSPS) is 11.2. The van der Waals surface area contributed by atoms with Crippen LogP contribution in [0.5, 0.6) is 34.5 Å². The van der Waals surface area contributed by atoms with Crippen LogP contribution >= 0.6 is 7.82 Å². The Bertz CT molecular complexity index is 1530. The molecule has 4 aromatic rings. The van der Waals surface area contributed by atoms with Gasteiger partial charge >= 0.3 is 0 Å². The Labute approximate surface area is 218 Å². The van der Waals surface area contributed by atoms with Crippen LogP contribution in [0.4, 0.5) is 0 Å². The molecule has 0 aliphatic rings. The molecule has 1 N–H and O–H groups in total. The van der Waals surface area contributed by atoms with Gasteiger partial charge in [0.1, 0.15) is 13.6 Å². The maximum Gasteiger partial charge on any atom is 0.203 e. The van der Waals surface area contributed by atoms with E-state index in [0.717, 1.165) is 0 Å². The molecule has 0 saturated heterocycles. The van der Waals surface area contributed by atoms with E-state index in [-0.39, 0.29) is 22.6 Å². The molecule has 0 aliphatic heterocycles. The van der Waals surface area contributed by atoms with Gasteiger partial charge in [0.25, 0.3) is 0 Å². The van der Waals surface area contributed by atoms with Gasteiger partial charge in [0.2, 0.25) is 5.75 Å². The molecule has 12 heteroatoms. The second-order valence-corrected chi connectivity index (χ2v) is 9.01. The van der Waals surface area contributed by atoms with Crippen molar-refractivity contribution in [2.45, 2.75) is 0 Å². The van der Waals surface area contributed by atoms with Gasteiger partial charge in [-0.1, -0.05) is 0 Å². The number of carbonyl (C=O) groups is 1. The molecule has 0 fully saturated rings. The van der Waals surface area contributed by atoms with Crippen LogP contribution in [0.1, 0.15) is 15.9 Å². The number of benzene rings is 3. The van der Waals surface area contributed by atoms with E-state index >= 15 is 0 Å². The third-order valence-electron chi connectivity index (χ3n) is 5.82. The molecule has 4 rings (SSSR count). The van der Waals surface area contributed by atoms with Crippen LogP contribution in [0.25, 0.3) is 22.2 Å². The number of phosphoric acid groups is 1. The maximum absolute atomic E-state index is 14.0. The van der Waals surface area contributed by atoms with Crippen molar-refractivity contribution in [3.8, 4) is 45.8 Å². The van der Waals surface area contributed by atoms with E-state index in [0.29, 0.717) is 45.2 Å². The van der Waals surface area contributed by atoms with Crippen molar-refractivity contribution in [3.63, 3.8) is 0 Å². The smallest absolute Gasteiger partial charge is 0.203 e. The summed E-state index contributed by atoms with van der Waals surface area (Å²) in [5, 5.41) is 0.566. The number of phosphoric ester groups is 1. The lowest BCUT2D eigenvalue weighted by Crippen LogP contribution is -2.18. The van der Waals surface area contributed by atoms with Crippen molar-refractivity contribution in [1.29, 1.82) is 0 Å². The fourth-order valence-corrected chi connectivity index (χ4v) is 4.52. The highest BCUT2D eigenvalue weighted by molar-refractivity contribution is 7.43. The minimum absolute atomic E-state index is 0.0240. The zero-order valence-electron chi connectivity index (χ0n) is 21.1. The molecule has 200 valence electrons. The molecule has 0 amide bonds. The number of hydrogen-bond acceptors (Lipinski definition) is 10. The molecular weight excluding hydrogens is 517 g/mol. The molecule has 3 aromatic carbocycles. The molecule has 11 nitrogen and oxygen atoms in total. The van der Waals surface area contributed by atoms with Crippen molar-refractivity contribution in [2.75, 3.05) is 35.5 Å². The summed E-state index contributed by atoms with van der Waals surface area (Å²) in [5.41, 5.74) is 1.78. The highest BCUT2D eigenvalue weighted by Crippen LogP contribution is 2.43. The van der Waals surface area contributed by atoms with Gasteiger partial charge in [-0.25, -0.2) is 0 Å². The molecule has 0 aliphatic carbocycles. The van der Waals surface area contributed by atoms with Crippen LogP contribution in [0, 0.1) is 0 Å². The van der Waals surface area contributed by atoms with E-state index in [1.54, 1.807) is 24.3 Å². The number of carbonyl (C=O) groups excluding carboxylic acids is 1. The second kappa shape index (κ2) is 10.7. The summed E-state index contributed by atoms with van der Waals surface area (Å²) in [6.45, 7) is 0. The lowest BCUT2D eigenvalue weighted by atomic mass is 9.96. The number of H-pyrrole nitrogens is 1. The summed E-state index contributed by atoms with van der Waals surface area (Å²) >= 11 is 0. The van der Waals surface area contributed by atoms with Crippen LogP contribution in [0.3, 0.4) is 0 Å². The van der Waals surface area contributed by atoms with Crippen molar-refractivity contribution in [2.24, 2.45) is 0 Å². The molecular formula is C26H24NO10P-2. The van der Waals surface area contributed by atoms with Gasteiger partial charge in [0, 0.05) is 22.6 Å².